The number of carbonyl (C=O) groups is 2. The van der Waals surface area contributed by atoms with Crippen molar-refractivity contribution in [2.75, 3.05) is 6.54 Å². The van der Waals surface area contributed by atoms with Gasteiger partial charge in [0.1, 0.15) is 6.04 Å². The van der Waals surface area contributed by atoms with E-state index in [1.165, 1.54) is 5.56 Å². The van der Waals surface area contributed by atoms with Crippen molar-refractivity contribution in [3.63, 3.8) is 0 Å². The molecule has 116 valence electrons. The van der Waals surface area contributed by atoms with E-state index in [2.05, 4.69) is 10.6 Å². The van der Waals surface area contributed by atoms with Crippen LogP contribution in [0.5, 0.6) is 0 Å². The summed E-state index contributed by atoms with van der Waals surface area (Å²) in [4.78, 5) is 22.9. The average molecular weight is 292 g/mol. The maximum atomic E-state index is 11.7. The molecule has 21 heavy (non-hydrogen) atoms. The van der Waals surface area contributed by atoms with Crippen LogP contribution in [0, 0.1) is 5.41 Å². The smallest absolute Gasteiger partial charge is 0.326 e. The summed E-state index contributed by atoms with van der Waals surface area (Å²) in [5, 5.41) is 14.3. The summed E-state index contributed by atoms with van der Waals surface area (Å²) in [6.07, 6.45) is 1.69. The van der Waals surface area contributed by atoms with Crippen molar-refractivity contribution < 1.29 is 14.7 Å². The Bertz CT molecular complexity index is 466. The molecule has 5 heteroatoms. The number of aryl methyl sites for hydroxylation is 1. The van der Waals surface area contributed by atoms with E-state index in [4.69, 9.17) is 5.11 Å². The van der Waals surface area contributed by atoms with Gasteiger partial charge in [0.25, 0.3) is 0 Å². The second kappa shape index (κ2) is 7.67. The number of hydrogen-bond donors (Lipinski definition) is 3. The van der Waals surface area contributed by atoms with Crippen LogP contribution < -0.4 is 10.6 Å². The lowest BCUT2D eigenvalue weighted by atomic mass is 9.87. The van der Waals surface area contributed by atoms with Crippen molar-refractivity contribution in [2.45, 2.75) is 39.7 Å². The molecule has 1 aromatic carbocycles. The van der Waals surface area contributed by atoms with E-state index < -0.39 is 23.5 Å². The third-order valence-electron chi connectivity index (χ3n) is 3.16. The second-order valence-corrected chi connectivity index (χ2v) is 6.13. The topological polar surface area (TPSA) is 78.4 Å². The minimum Gasteiger partial charge on any atom is -0.480 e. The van der Waals surface area contributed by atoms with Crippen LogP contribution in [-0.2, 0) is 11.2 Å². The number of aliphatic carboxylic acids is 1. The molecule has 0 aliphatic carbocycles. The zero-order valence-electron chi connectivity index (χ0n) is 12.8. The molecule has 0 bridgehead atoms. The Balaban J connectivity index is 2.32. The largest absolute Gasteiger partial charge is 0.480 e. The summed E-state index contributed by atoms with van der Waals surface area (Å²) in [7, 11) is 0. The number of urea groups is 1. The quantitative estimate of drug-likeness (QED) is 0.705. The molecule has 0 aliphatic rings. The van der Waals surface area contributed by atoms with Gasteiger partial charge in [-0.15, -0.1) is 0 Å². The third-order valence-corrected chi connectivity index (χ3v) is 3.16. The molecular formula is C16H24N2O3. The van der Waals surface area contributed by atoms with Gasteiger partial charge >= 0.3 is 12.0 Å². The molecule has 1 atom stereocenters. The Kier molecular flexibility index (Phi) is 6.21. The van der Waals surface area contributed by atoms with Gasteiger partial charge in [0.05, 0.1) is 0 Å². The predicted molar refractivity (Wildman–Crippen MR) is 82.2 cm³/mol. The van der Waals surface area contributed by atoms with Crippen molar-refractivity contribution in [3.05, 3.63) is 35.9 Å². The van der Waals surface area contributed by atoms with E-state index in [1.807, 2.05) is 30.3 Å². The first-order valence-corrected chi connectivity index (χ1v) is 7.12. The van der Waals surface area contributed by atoms with Crippen molar-refractivity contribution in [1.82, 2.24) is 10.6 Å². The highest BCUT2D eigenvalue weighted by Crippen LogP contribution is 2.19. The molecule has 0 radical (unpaired) electrons. The van der Waals surface area contributed by atoms with Crippen LogP contribution in [0.2, 0.25) is 0 Å². The van der Waals surface area contributed by atoms with Gasteiger partial charge in [-0.2, -0.15) is 0 Å². The fraction of sp³-hybridized carbons (Fsp3) is 0.500. The molecule has 1 rings (SSSR count). The second-order valence-electron chi connectivity index (χ2n) is 6.13. The molecule has 0 spiro atoms. The number of hydrogen-bond acceptors (Lipinski definition) is 2. The van der Waals surface area contributed by atoms with E-state index in [0.29, 0.717) is 6.54 Å². The number of rotatable bonds is 6. The number of carbonyl (C=O) groups excluding carboxylic acids is 1. The van der Waals surface area contributed by atoms with E-state index in [9.17, 15) is 9.59 Å². The van der Waals surface area contributed by atoms with Crippen LogP contribution in [0.3, 0.4) is 0 Å². The van der Waals surface area contributed by atoms with Crippen molar-refractivity contribution >= 4 is 12.0 Å². The molecule has 1 aromatic rings. The summed E-state index contributed by atoms with van der Waals surface area (Å²) in [5.41, 5.74) is 0.686. The SMILES string of the molecule is CC(C)(C)[C@@H](NC(=O)NCCCc1ccccc1)C(=O)O. The summed E-state index contributed by atoms with van der Waals surface area (Å²) in [6, 6.07) is 8.66. The highest BCUT2D eigenvalue weighted by atomic mass is 16.4. The van der Waals surface area contributed by atoms with Crippen LogP contribution in [0.15, 0.2) is 30.3 Å². The lowest BCUT2D eigenvalue weighted by molar-refractivity contribution is -0.141. The standard InChI is InChI=1S/C16H24N2O3/c1-16(2,3)13(14(19)20)18-15(21)17-11-7-10-12-8-5-4-6-9-12/h4-6,8-9,13H,7,10-11H2,1-3H3,(H,19,20)(H2,17,18,21)/t13-/m0/s1. The molecule has 2 amide bonds. The Morgan fingerprint density at radius 1 is 1.19 bits per heavy atom. The minimum absolute atomic E-state index is 0.439. The van der Waals surface area contributed by atoms with Gasteiger partial charge in [-0.05, 0) is 23.8 Å². The summed E-state index contributed by atoms with van der Waals surface area (Å²) in [6.45, 7) is 5.85. The van der Waals surface area contributed by atoms with E-state index in [1.54, 1.807) is 20.8 Å². The number of nitrogens with one attached hydrogen (secondary N) is 2. The van der Waals surface area contributed by atoms with Crippen LogP contribution in [0.1, 0.15) is 32.8 Å². The molecule has 0 fully saturated rings. The lowest BCUT2D eigenvalue weighted by Gasteiger charge is -2.27. The number of carboxylic acids is 1. The summed E-state index contributed by atoms with van der Waals surface area (Å²) < 4.78 is 0. The summed E-state index contributed by atoms with van der Waals surface area (Å²) in [5.74, 6) is -1.03. The molecular weight excluding hydrogens is 268 g/mol. The summed E-state index contributed by atoms with van der Waals surface area (Å²) >= 11 is 0. The zero-order valence-corrected chi connectivity index (χ0v) is 12.8. The molecule has 0 aromatic heterocycles. The Morgan fingerprint density at radius 3 is 2.33 bits per heavy atom. The fourth-order valence-corrected chi connectivity index (χ4v) is 1.97. The maximum absolute atomic E-state index is 11.7. The van der Waals surface area contributed by atoms with Crippen LogP contribution in [-0.4, -0.2) is 29.7 Å². The fourth-order valence-electron chi connectivity index (χ4n) is 1.97. The highest BCUT2D eigenvalue weighted by molar-refractivity contribution is 5.83. The monoisotopic (exact) mass is 292 g/mol. The predicted octanol–water partition coefficient (Wildman–Crippen LogP) is 2.42. The Labute approximate surface area is 125 Å². The molecule has 5 nitrogen and oxygen atoms in total. The van der Waals surface area contributed by atoms with Gasteiger partial charge in [-0.3, -0.25) is 0 Å². The molecule has 0 saturated carbocycles. The molecule has 0 aliphatic heterocycles. The van der Waals surface area contributed by atoms with E-state index in [0.717, 1.165) is 12.8 Å². The molecule has 0 unspecified atom stereocenters. The lowest BCUT2D eigenvalue weighted by Crippen LogP contribution is -2.52. The number of benzene rings is 1. The van der Waals surface area contributed by atoms with Crippen molar-refractivity contribution in [3.8, 4) is 0 Å². The maximum Gasteiger partial charge on any atom is 0.326 e. The van der Waals surface area contributed by atoms with Crippen LogP contribution in [0.25, 0.3) is 0 Å². The normalized spacial score (nSPS) is 12.5. The number of amides is 2. The third kappa shape index (κ3) is 6.29. The molecule has 0 heterocycles. The molecule has 3 N–H and O–H groups in total. The van der Waals surface area contributed by atoms with Gasteiger partial charge in [0.15, 0.2) is 0 Å². The molecule has 0 saturated heterocycles. The van der Waals surface area contributed by atoms with E-state index in [-0.39, 0.29) is 0 Å². The van der Waals surface area contributed by atoms with Crippen LogP contribution >= 0.6 is 0 Å². The first-order valence-electron chi connectivity index (χ1n) is 7.12. The van der Waals surface area contributed by atoms with Crippen LogP contribution in [0.4, 0.5) is 4.79 Å². The highest BCUT2D eigenvalue weighted by Gasteiger charge is 2.32. The van der Waals surface area contributed by atoms with Gasteiger partial charge in [-0.1, -0.05) is 51.1 Å². The first-order chi connectivity index (χ1) is 9.80. The first kappa shape index (κ1) is 17.0. The zero-order chi connectivity index (χ0) is 15.9. The van der Waals surface area contributed by atoms with Crippen molar-refractivity contribution in [1.29, 1.82) is 0 Å². The van der Waals surface area contributed by atoms with Gasteiger partial charge in [-0.25, -0.2) is 9.59 Å². The van der Waals surface area contributed by atoms with Gasteiger partial charge in [0.2, 0.25) is 0 Å². The number of carboxylic acid groups (broad SMARTS) is 1. The van der Waals surface area contributed by atoms with E-state index >= 15 is 0 Å². The Hall–Kier alpha value is -2.04. The average Bonchev–Trinajstić information content (AvgIpc) is 2.40. The van der Waals surface area contributed by atoms with Gasteiger partial charge in [0, 0.05) is 6.54 Å². The minimum atomic E-state index is -1.03. The van der Waals surface area contributed by atoms with Gasteiger partial charge < -0.3 is 15.7 Å². The van der Waals surface area contributed by atoms with Crippen molar-refractivity contribution in [2.24, 2.45) is 5.41 Å². The Morgan fingerprint density at radius 2 is 1.81 bits per heavy atom.